The molecule has 0 radical (unpaired) electrons. The Morgan fingerprint density at radius 3 is 2.44 bits per heavy atom. The average Bonchev–Trinajstić information content (AvgIpc) is 2.38. The van der Waals surface area contributed by atoms with Gasteiger partial charge in [0.2, 0.25) is 0 Å². The zero-order valence-corrected chi connectivity index (χ0v) is 10.4. The highest BCUT2D eigenvalue weighted by Gasteiger charge is 2.17. The number of piperidine rings is 1. The van der Waals surface area contributed by atoms with Crippen LogP contribution in [0, 0.1) is 5.92 Å². The van der Waals surface area contributed by atoms with Gasteiger partial charge in [-0.15, -0.1) is 0 Å². The highest BCUT2D eigenvalue weighted by molar-refractivity contribution is 5.14. The molecule has 88 valence electrons. The van der Waals surface area contributed by atoms with Crippen molar-refractivity contribution >= 4 is 0 Å². The molecule has 0 aromatic heterocycles. The standard InChI is InChI=1S/C15H23N/c1-2-16-12-10-15(11-13-16)9-8-14-6-4-3-5-7-14/h3-7,15H,2,8-13H2,1H3. The van der Waals surface area contributed by atoms with Gasteiger partial charge in [-0.3, -0.25) is 0 Å². The van der Waals surface area contributed by atoms with Crippen LogP contribution < -0.4 is 0 Å². The van der Waals surface area contributed by atoms with Crippen LogP contribution in [0.1, 0.15) is 31.7 Å². The van der Waals surface area contributed by atoms with Crippen molar-refractivity contribution in [1.29, 1.82) is 0 Å². The SMILES string of the molecule is CCN1CCC(CCc2ccccc2)CC1. The Morgan fingerprint density at radius 1 is 1.12 bits per heavy atom. The first kappa shape index (κ1) is 11.7. The fraction of sp³-hybridized carbons (Fsp3) is 0.600. The van der Waals surface area contributed by atoms with E-state index in [2.05, 4.69) is 42.2 Å². The Hall–Kier alpha value is -0.820. The van der Waals surface area contributed by atoms with Gasteiger partial charge in [0, 0.05) is 0 Å². The first-order valence-corrected chi connectivity index (χ1v) is 6.64. The molecular formula is C15H23N. The van der Waals surface area contributed by atoms with E-state index in [0.29, 0.717) is 0 Å². The molecule has 16 heavy (non-hydrogen) atoms. The maximum Gasteiger partial charge on any atom is -0.00162 e. The summed E-state index contributed by atoms with van der Waals surface area (Å²) in [6.45, 7) is 6.13. The van der Waals surface area contributed by atoms with Gasteiger partial charge in [-0.2, -0.15) is 0 Å². The predicted molar refractivity (Wildman–Crippen MR) is 69.6 cm³/mol. The smallest absolute Gasteiger partial charge is 0.00162 e. The number of rotatable bonds is 4. The van der Waals surface area contributed by atoms with Crippen molar-refractivity contribution < 1.29 is 0 Å². The largest absolute Gasteiger partial charge is 0.304 e. The number of hydrogen-bond donors (Lipinski definition) is 0. The lowest BCUT2D eigenvalue weighted by Gasteiger charge is -2.31. The second-order valence-corrected chi connectivity index (χ2v) is 4.90. The lowest BCUT2D eigenvalue weighted by atomic mass is 9.90. The molecule has 1 saturated heterocycles. The third-order valence-corrected chi connectivity index (χ3v) is 3.84. The molecule has 1 heterocycles. The molecule has 0 unspecified atom stereocenters. The van der Waals surface area contributed by atoms with Crippen molar-refractivity contribution in [3.63, 3.8) is 0 Å². The van der Waals surface area contributed by atoms with Gasteiger partial charge in [-0.1, -0.05) is 37.3 Å². The predicted octanol–water partition coefficient (Wildman–Crippen LogP) is 3.35. The highest BCUT2D eigenvalue weighted by atomic mass is 15.1. The Labute approximate surface area is 99.5 Å². The molecule has 0 atom stereocenters. The molecule has 0 bridgehead atoms. The summed E-state index contributed by atoms with van der Waals surface area (Å²) in [6.07, 6.45) is 5.44. The summed E-state index contributed by atoms with van der Waals surface area (Å²) in [5.41, 5.74) is 1.50. The molecule has 1 nitrogen and oxygen atoms in total. The summed E-state index contributed by atoms with van der Waals surface area (Å²) in [6, 6.07) is 10.9. The van der Waals surface area contributed by atoms with Gasteiger partial charge in [0.15, 0.2) is 0 Å². The van der Waals surface area contributed by atoms with E-state index in [1.807, 2.05) is 0 Å². The number of likely N-dealkylation sites (tertiary alicyclic amines) is 1. The van der Waals surface area contributed by atoms with Crippen LogP contribution in [-0.4, -0.2) is 24.5 Å². The molecule has 0 spiro atoms. The first-order valence-electron chi connectivity index (χ1n) is 6.64. The molecule has 0 aliphatic carbocycles. The van der Waals surface area contributed by atoms with E-state index in [4.69, 9.17) is 0 Å². The number of hydrogen-bond acceptors (Lipinski definition) is 1. The normalized spacial score (nSPS) is 18.8. The molecule has 1 aliphatic rings. The quantitative estimate of drug-likeness (QED) is 0.747. The van der Waals surface area contributed by atoms with E-state index in [1.165, 1.54) is 50.9 Å². The minimum absolute atomic E-state index is 0.961. The molecule has 1 heteroatoms. The lowest BCUT2D eigenvalue weighted by Crippen LogP contribution is -2.33. The van der Waals surface area contributed by atoms with Gasteiger partial charge in [0.05, 0.1) is 0 Å². The molecule has 1 aromatic carbocycles. The van der Waals surface area contributed by atoms with Crippen molar-refractivity contribution in [3.8, 4) is 0 Å². The summed E-state index contributed by atoms with van der Waals surface area (Å²) in [4.78, 5) is 2.57. The van der Waals surface area contributed by atoms with Crippen molar-refractivity contribution in [2.75, 3.05) is 19.6 Å². The molecular weight excluding hydrogens is 194 g/mol. The average molecular weight is 217 g/mol. The van der Waals surface area contributed by atoms with Crippen LogP contribution in [0.5, 0.6) is 0 Å². The van der Waals surface area contributed by atoms with E-state index >= 15 is 0 Å². The zero-order valence-electron chi connectivity index (χ0n) is 10.4. The maximum atomic E-state index is 2.57. The van der Waals surface area contributed by atoms with Crippen LogP contribution >= 0.6 is 0 Å². The van der Waals surface area contributed by atoms with Crippen LogP contribution in [0.2, 0.25) is 0 Å². The van der Waals surface area contributed by atoms with Crippen LogP contribution in [0.3, 0.4) is 0 Å². The van der Waals surface area contributed by atoms with E-state index in [9.17, 15) is 0 Å². The minimum atomic E-state index is 0.961. The fourth-order valence-electron chi connectivity index (χ4n) is 2.61. The van der Waals surface area contributed by atoms with E-state index < -0.39 is 0 Å². The molecule has 0 saturated carbocycles. The van der Waals surface area contributed by atoms with Crippen molar-refractivity contribution in [2.24, 2.45) is 5.92 Å². The highest BCUT2D eigenvalue weighted by Crippen LogP contribution is 2.22. The first-order chi connectivity index (χ1) is 7.88. The van der Waals surface area contributed by atoms with Crippen LogP contribution in [0.25, 0.3) is 0 Å². The topological polar surface area (TPSA) is 3.24 Å². The van der Waals surface area contributed by atoms with E-state index in [1.54, 1.807) is 0 Å². The van der Waals surface area contributed by atoms with Crippen LogP contribution in [0.4, 0.5) is 0 Å². The van der Waals surface area contributed by atoms with Crippen molar-refractivity contribution in [1.82, 2.24) is 4.90 Å². The van der Waals surface area contributed by atoms with Gasteiger partial charge in [0.25, 0.3) is 0 Å². The van der Waals surface area contributed by atoms with E-state index in [-0.39, 0.29) is 0 Å². The van der Waals surface area contributed by atoms with Crippen molar-refractivity contribution in [3.05, 3.63) is 35.9 Å². The summed E-state index contributed by atoms with van der Waals surface area (Å²) in [5, 5.41) is 0. The maximum absolute atomic E-state index is 2.57. The molecule has 2 rings (SSSR count). The summed E-state index contributed by atoms with van der Waals surface area (Å²) in [5.74, 6) is 0.961. The van der Waals surface area contributed by atoms with Crippen LogP contribution in [0.15, 0.2) is 30.3 Å². The Bertz CT molecular complexity index is 286. The summed E-state index contributed by atoms with van der Waals surface area (Å²) in [7, 11) is 0. The van der Waals surface area contributed by atoms with E-state index in [0.717, 1.165) is 5.92 Å². The number of nitrogens with zero attached hydrogens (tertiary/aromatic N) is 1. The second-order valence-electron chi connectivity index (χ2n) is 4.90. The minimum Gasteiger partial charge on any atom is -0.304 e. The molecule has 1 fully saturated rings. The molecule has 0 amide bonds. The number of benzene rings is 1. The molecule has 0 N–H and O–H groups in total. The lowest BCUT2D eigenvalue weighted by molar-refractivity contribution is 0.187. The monoisotopic (exact) mass is 217 g/mol. The third-order valence-electron chi connectivity index (χ3n) is 3.84. The fourth-order valence-corrected chi connectivity index (χ4v) is 2.61. The second kappa shape index (κ2) is 6.05. The van der Waals surface area contributed by atoms with Crippen molar-refractivity contribution in [2.45, 2.75) is 32.6 Å². The Morgan fingerprint density at radius 2 is 1.81 bits per heavy atom. The van der Waals surface area contributed by atoms with Crippen LogP contribution in [-0.2, 0) is 6.42 Å². The van der Waals surface area contributed by atoms with Gasteiger partial charge in [0.1, 0.15) is 0 Å². The zero-order chi connectivity index (χ0) is 11.2. The summed E-state index contributed by atoms with van der Waals surface area (Å²) < 4.78 is 0. The van der Waals surface area contributed by atoms with Gasteiger partial charge in [-0.05, 0) is 56.8 Å². The third kappa shape index (κ3) is 3.34. The Balaban J connectivity index is 1.72. The molecule has 1 aromatic rings. The van der Waals surface area contributed by atoms with Gasteiger partial charge >= 0.3 is 0 Å². The molecule has 1 aliphatic heterocycles. The van der Waals surface area contributed by atoms with Gasteiger partial charge < -0.3 is 4.90 Å². The summed E-state index contributed by atoms with van der Waals surface area (Å²) >= 11 is 0. The Kier molecular flexibility index (Phi) is 4.41. The van der Waals surface area contributed by atoms with Gasteiger partial charge in [-0.25, -0.2) is 0 Å². The number of aryl methyl sites for hydroxylation is 1.